The molecule has 3 saturated heterocycles. The standard InChI is InChI=1S/C23H25ClN4/c24-22-5-1-4-19-7-8-20(26-23(19)22)15-28-14-18-6-9-21(28)16-27(13-18)12-17-3-2-10-25-11-17/h1-5,7-8,10-11,18,21H,6,9,12-16H2/t18-,21+/m0/s1. The smallest absolute Gasteiger partial charge is 0.0891 e. The van der Waals surface area contributed by atoms with E-state index in [2.05, 4.69) is 39.0 Å². The molecule has 28 heavy (non-hydrogen) atoms. The molecule has 0 aliphatic carbocycles. The topological polar surface area (TPSA) is 32.3 Å². The van der Waals surface area contributed by atoms with Gasteiger partial charge in [-0.15, -0.1) is 0 Å². The first kappa shape index (κ1) is 18.0. The molecule has 0 spiro atoms. The molecule has 5 heterocycles. The van der Waals surface area contributed by atoms with Crippen molar-refractivity contribution in [3.8, 4) is 0 Å². The predicted molar refractivity (Wildman–Crippen MR) is 113 cm³/mol. The lowest BCUT2D eigenvalue weighted by Gasteiger charge is -2.36. The SMILES string of the molecule is Clc1cccc2ccc(CN3C[C@H]4CC[C@@H]3CN(Cc3cccnc3)C4)nc12. The summed E-state index contributed by atoms with van der Waals surface area (Å²) in [5.41, 5.74) is 3.34. The van der Waals surface area contributed by atoms with Crippen LogP contribution in [0.3, 0.4) is 0 Å². The molecule has 3 aromatic rings. The Kier molecular flexibility index (Phi) is 5.02. The third-order valence-electron chi connectivity index (χ3n) is 6.13. The third-order valence-corrected chi connectivity index (χ3v) is 6.43. The minimum Gasteiger partial charge on any atom is -0.297 e. The van der Waals surface area contributed by atoms with Crippen LogP contribution in [-0.2, 0) is 13.1 Å². The lowest BCUT2D eigenvalue weighted by Crippen LogP contribution is -2.43. The number of aromatic nitrogens is 2. The zero-order valence-corrected chi connectivity index (χ0v) is 16.7. The molecule has 0 radical (unpaired) electrons. The van der Waals surface area contributed by atoms with E-state index in [4.69, 9.17) is 16.6 Å². The number of hydrogen-bond donors (Lipinski definition) is 0. The number of rotatable bonds is 4. The van der Waals surface area contributed by atoms with E-state index in [1.165, 1.54) is 24.9 Å². The maximum absolute atomic E-state index is 6.37. The highest BCUT2D eigenvalue weighted by molar-refractivity contribution is 6.35. The second-order valence-corrected chi connectivity index (χ2v) is 8.60. The quantitative estimate of drug-likeness (QED) is 0.659. The Morgan fingerprint density at radius 2 is 1.93 bits per heavy atom. The van der Waals surface area contributed by atoms with E-state index in [0.29, 0.717) is 6.04 Å². The Balaban J connectivity index is 1.32. The number of fused-ring (bicyclic) bond motifs is 5. The maximum Gasteiger partial charge on any atom is 0.0891 e. The first-order valence-electron chi connectivity index (χ1n) is 10.1. The van der Waals surface area contributed by atoms with E-state index in [0.717, 1.165) is 53.7 Å². The van der Waals surface area contributed by atoms with E-state index < -0.39 is 0 Å². The minimum absolute atomic E-state index is 0.596. The van der Waals surface area contributed by atoms with Crippen molar-refractivity contribution in [2.75, 3.05) is 19.6 Å². The summed E-state index contributed by atoms with van der Waals surface area (Å²) in [6.07, 6.45) is 6.46. The number of hydrogen-bond acceptors (Lipinski definition) is 4. The Bertz CT molecular complexity index is 961. The number of nitrogens with zero attached hydrogens (tertiary/aromatic N) is 4. The van der Waals surface area contributed by atoms with E-state index in [9.17, 15) is 0 Å². The van der Waals surface area contributed by atoms with Crippen molar-refractivity contribution >= 4 is 22.5 Å². The molecule has 0 saturated carbocycles. The molecular formula is C23H25ClN4. The maximum atomic E-state index is 6.37. The van der Waals surface area contributed by atoms with Crippen molar-refractivity contribution < 1.29 is 0 Å². The van der Waals surface area contributed by atoms with Gasteiger partial charge in [-0.05, 0) is 42.5 Å². The van der Waals surface area contributed by atoms with Crippen LogP contribution >= 0.6 is 11.6 Å². The number of para-hydroxylation sites is 1. The molecule has 6 rings (SSSR count). The van der Waals surface area contributed by atoms with Gasteiger partial charge >= 0.3 is 0 Å². The van der Waals surface area contributed by atoms with E-state index in [-0.39, 0.29) is 0 Å². The highest BCUT2D eigenvalue weighted by Gasteiger charge is 2.34. The van der Waals surface area contributed by atoms with Crippen LogP contribution < -0.4 is 0 Å². The number of halogens is 1. The molecule has 3 aliphatic rings. The van der Waals surface area contributed by atoms with Gasteiger partial charge in [-0.25, -0.2) is 4.98 Å². The molecule has 0 amide bonds. The number of benzene rings is 1. The van der Waals surface area contributed by atoms with Gasteiger partial charge in [-0.3, -0.25) is 14.8 Å². The predicted octanol–water partition coefficient (Wildman–Crippen LogP) is 4.38. The molecule has 0 unspecified atom stereocenters. The number of piperidine rings is 1. The average molecular weight is 393 g/mol. The molecule has 144 valence electrons. The van der Waals surface area contributed by atoms with Crippen molar-refractivity contribution in [2.45, 2.75) is 32.0 Å². The average Bonchev–Trinajstić information content (AvgIpc) is 3.00. The van der Waals surface area contributed by atoms with Crippen LogP contribution in [0.4, 0.5) is 0 Å². The van der Waals surface area contributed by atoms with Crippen LogP contribution in [-0.4, -0.2) is 45.4 Å². The van der Waals surface area contributed by atoms with Crippen molar-refractivity contribution in [3.63, 3.8) is 0 Å². The molecule has 2 aromatic heterocycles. The molecular weight excluding hydrogens is 368 g/mol. The van der Waals surface area contributed by atoms with Gasteiger partial charge in [0.25, 0.3) is 0 Å². The number of pyridine rings is 2. The zero-order chi connectivity index (χ0) is 18.9. The van der Waals surface area contributed by atoms with Crippen molar-refractivity contribution in [1.29, 1.82) is 0 Å². The Labute approximate surface area is 171 Å². The molecule has 3 aliphatic heterocycles. The van der Waals surface area contributed by atoms with Gasteiger partial charge in [0.05, 0.1) is 16.2 Å². The van der Waals surface area contributed by atoms with Crippen LogP contribution in [0, 0.1) is 5.92 Å². The lowest BCUT2D eigenvalue weighted by molar-refractivity contribution is 0.121. The summed E-state index contributed by atoms with van der Waals surface area (Å²) in [6, 6.07) is 15.1. The Hall–Kier alpha value is -2.01. The van der Waals surface area contributed by atoms with Gasteiger partial charge in [-0.1, -0.05) is 35.9 Å². The summed E-state index contributed by atoms with van der Waals surface area (Å²) >= 11 is 6.37. The second kappa shape index (κ2) is 7.78. The van der Waals surface area contributed by atoms with Crippen LogP contribution in [0.2, 0.25) is 5.02 Å². The molecule has 1 aromatic carbocycles. The van der Waals surface area contributed by atoms with E-state index in [1.807, 2.05) is 30.6 Å². The summed E-state index contributed by atoms with van der Waals surface area (Å²) < 4.78 is 0. The fourth-order valence-corrected chi connectivity index (χ4v) is 5.02. The summed E-state index contributed by atoms with van der Waals surface area (Å²) in [5.74, 6) is 0.736. The first-order valence-corrected chi connectivity index (χ1v) is 10.5. The first-order chi connectivity index (χ1) is 13.7. The van der Waals surface area contributed by atoms with Gasteiger partial charge in [0.2, 0.25) is 0 Å². The summed E-state index contributed by atoms with van der Waals surface area (Å²) in [4.78, 5) is 14.4. The molecule has 2 bridgehead atoms. The fraction of sp³-hybridized carbons (Fsp3) is 0.391. The summed E-state index contributed by atoms with van der Waals surface area (Å²) in [7, 11) is 0. The third kappa shape index (κ3) is 3.77. The molecule has 3 fully saturated rings. The minimum atomic E-state index is 0.596. The monoisotopic (exact) mass is 392 g/mol. The van der Waals surface area contributed by atoms with Gasteiger partial charge in [-0.2, -0.15) is 0 Å². The Morgan fingerprint density at radius 1 is 0.964 bits per heavy atom. The highest BCUT2D eigenvalue weighted by Crippen LogP contribution is 2.30. The molecule has 5 heteroatoms. The largest absolute Gasteiger partial charge is 0.297 e. The molecule has 4 nitrogen and oxygen atoms in total. The summed E-state index contributed by atoms with van der Waals surface area (Å²) in [6.45, 7) is 5.37. The Morgan fingerprint density at radius 3 is 2.82 bits per heavy atom. The van der Waals surface area contributed by atoms with Crippen molar-refractivity contribution in [3.05, 3.63) is 71.1 Å². The van der Waals surface area contributed by atoms with E-state index >= 15 is 0 Å². The molecule has 0 N–H and O–H groups in total. The van der Waals surface area contributed by atoms with Crippen molar-refractivity contribution in [1.82, 2.24) is 19.8 Å². The van der Waals surface area contributed by atoms with Crippen LogP contribution in [0.5, 0.6) is 0 Å². The lowest BCUT2D eigenvalue weighted by atomic mass is 9.95. The van der Waals surface area contributed by atoms with Crippen LogP contribution in [0.1, 0.15) is 24.1 Å². The van der Waals surface area contributed by atoms with Gasteiger partial charge in [0, 0.05) is 56.5 Å². The van der Waals surface area contributed by atoms with E-state index in [1.54, 1.807) is 0 Å². The van der Waals surface area contributed by atoms with Crippen LogP contribution in [0.15, 0.2) is 54.9 Å². The summed E-state index contributed by atoms with van der Waals surface area (Å²) in [5, 5.41) is 1.84. The normalized spacial score (nSPS) is 23.2. The highest BCUT2D eigenvalue weighted by atomic mass is 35.5. The second-order valence-electron chi connectivity index (χ2n) is 8.20. The zero-order valence-electron chi connectivity index (χ0n) is 16.0. The van der Waals surface area contributed by atoms with Gasteiger partial charge in [0.1, 0.15) is 0 Å². The van der Waals surface area contributed by atoms with Crippen LogP contribution in [0.25, 0.3) is 10.9 Å². The fourth-order valence-electron chi connectivity index (χ4n) is 4.80. The van der Waals surface area contributed by atoms with Gasteiger partial charge in [0.15, 0.2) is 0 Å². The van der Waals surface area contributed by atoms with Gasteiger partial charge < -0.3 is 0 Å². The molecule has 2 atom stereocenters. The van der Waals surface area contributed by atoms with Crippen molar-refractivity contribution in [2.24, 2.45) is 5.92 Å².